The Balaban J connectivity index is 0.000000108. The zero-order valence-electron chi connectivity index (χ0n) is 82.4. The number of hydrogen-bond donors (Lipinski definition) is 0. The van der Waals surface area contributed by atoms with Gasteiger partial charge in [0.15, 0.2) is 0 Å². The van der Waals surface area contributed by atoms with Crippen molar-refractivity contribution in [1.29, 1.82) is 0 Å². The van der Waals surface area contributed by atoms with Crippen LogP contribution < -0.4 is 0 Å². The predicted molar refractivity (Wildman–Crippen MR) is 647 cm³/mol. The first kappa shape index (κ1) is 88.2. The van der Waals surface area contributed by atoms with Crippen LogP contribution in [0.4, 0.5) is 0 Å². The van der Waals surface area contributed by atoms with Crippen molar-refractivity contribution in [2.45, 2.75) is 0 Å². The quantitative estimate of drug-likeness (QED) is 0.114. The molecule has 0 heteroatoms. The van der Waals surface area contributed by atoms with Crippen molar-refractivity contribution in [1.82, 2.24) is 0 Å². The van der Waals surface area contributed by atoms with E-state index < -0.39 is 0 Å². The Hall–Kier alpha value is -19.5. The summed E-state index contributed by atoms with van der Waals surface area (Å²) in [5.41, 5.74) is 29.9. The van der Waals surface area contributed by atoms with E-state index in [0.717, 1.165) is 0 Å². The molecule has 0 aromatic heterocycles. The van der Waals surface area contributed by atoms with Crippen LogP contribution in [-0.4, -0.2) is 0 Å². The first-order valence-corrected chi connectivity index (χ1v) is 52.0. The van der Waals surface area contributed by atoms with Gasteiger partial charge in [-0.05, 0) is 332 Å². The van der Waals surface area contributed by atoms with Gasteiger partial charge in [0, 0.05) is 0 Å². The molecule has 30 aromatic carbocycles. The third-order valence-electron chi connectivity index (χ3n) is 31.4. The molecule has 0 fully saturated rings. The van der Waals surface area contributed by atoms with Crippen molar-refractivity contribution >= 4 is 162 Å². The van der Waals surface area contributed by atoms with Crippen molar-refractivity contribution in [2.75, 3.05) is 0 Å². The molecule has 0 N–H and O–H groups in total. The average Bonchev–Trinajstić information content (AvgIpc) is 0.737. The molecule has 150 heavy (non-hydrogen) atoms. The van der Waals surface area contributed by atoms with E-state index in [0.29, 0.717) is 0 Å². The molecule has 0 amide bonds. The predicted octanol–water partition coefficient (Wildman–Crippen LogP) is 42.4. The number of hydrogen-bond acceptors (Lipinski definition) is 0. The lowest BCUT2D eigenvalue weighted by atomic mass is 9.83. The average molecular weight is 1900 g/mol. The standard InChI is InChI=1S/3C50H32/c1-4-18-38-33(12-1)15-9-23-41(38)37-27-26-36-28-29-47(43-25-11-17-35-14-3-6-20-40(35)43)50(49(36)32-37)48-31-30-46(44-21-7-8-22-45(44)48)42-24-10-16-34-13-2-5-19-39(34)42;1-3-13-37-30-39(25-22-33(37)10-1)40-26-24-36-28-29-43(41-27-23-34-11-2-4-14-38(34)31-41)50(49(36)32-40)48-21-9-19-46-45(18-8-20-47(46)48)44-17-7-15-35-12-5-6-16-42(35)44;1-2-14-37-31-38(25-23-33(37)11-1)43-29-30-48(46-20-8-7-19-44(43)46)50-47(45-22-10-16-35-13-4-6-18-41(35)45)28-27-36-24-26-39(32-49(36)50)42-21-9-15-34-12-3-5-17-40(34)42/h3*1-32H. The summed E-state index contributed by atoms with van der Waals surface area (Å²) >= 11 is 0. The third kappa shape index (κ3) is 15.7. The summed E-state index contributed by atoms with van der Waals surface area (Å²) in [7, 11) is 0. The number of benzene rings is 30. The van der Waals surface area contributed by atoms with Crippen LogP contribution in [0.25, 0.3) is 295 Å². The molecular weight excluding hydrogens is 1800 g/mol. The van der Waals surface area contributed by atoms with Crippen molar-refractivity contribution in [3.05, 3.63) is 582 Å². The van der Waals surface area contributed by atoms with Gasteiger partial charge in [-0.3, -0.25) is 0 Å². The van der Waals surface area contributed by atoms with Gasteiger partial charge < -0.3 is 0 Å². The minimum atomic E-state index is 1.22. The van der Waals surface area contributed by atoms with Crippen LogP contribution in [0.1, 0.15) is 0 Å². The fourth-order valence-corrected chi connectivity index (χ4v) is 24.2. The van der Waals surface area contributed by atoms with Gasteiger partial charge >= 0.3 is 0 Å². The maximum absolute atomic E-state index is 2.43. The van der Waals surface area contributed by atoms with Gasteiger partial charge in [-0.25, -0.2) is 0 Å². The summed E-state index contributed by atoms with van der Waals surface area (Å²) < 4.78 is 0. The fraction of sp³-hybridized carbons (Fsp3) is 0. The lowest BCUT2D eigenvalue weighted by Crippen LogP contribution is -1.93. The highest BCUT2D eigenvalue weighted by atomic mass is 14.3. The lowest BCUT2D eigenvalue weighted by Gasteiger charge is -2.20. The zero-order chi connectivity index (χ0) is 99.1. The highest BCUT2D eigenvalue weighted by Gasteiger charge is 2.26. The SMILES string of the molecule is c1ccc2c(-c3ccc4ccc(-c5cccc6ccccc56)c(-c5ccc(-c6cccc7ccccc67)c6ccccc56)c4c3)cccc2c1.c1ccc2cc(-c3ccc(-c4c(-c5cccc6ccccc56)ccc5ccc(-c6cccc7ccccc67)cc45)c4ccccc34)ccc2c1.c1ccc2cc(-c3ccc4ccc(-c5ccc6ccccc6c5)c(-c5cccc6c(-c7cccc8ccccc78)cccc56)c4c3)ccc2c1. The van der Waals surface area contributed by atoms with E-state index in [4.69, 9.17) is 0 Å². The van der Waals surface area contributed by atoms with Gasteiger partial charge in [0.25, 0.3) is 0 Å². The zero-order valence-corrected chi connectivity index (χ0v) is 82.4. The Morgan fingerprint density at radius 1 is 0.0667 bits per heavy atom. The van der Waals surface area contributed by atoms with E-state index in [1.165, 1.54) is 295 Å². The molecule has 696 valence electrons. The minimum absolute atomic E-state index is 1.22. The van der Waals surface area contributed by atoms with Crippen LogP contribution in [0.5, 0.6) is 0 Å². The maximum atomic E-state index is 2.43. The second-order valence-electron chi connectivity index (χ2n) is 39.7. The van der Waals surface area contributed by atoms with Crippen LogP contribution in [0, 0.1) is 0 Å². The molecule has 0 saturated carbocycles. The summed E-state index contributed by atoms with van der Waals surface area (Å²) in [4.78, 5) is 0. The van der Waals surface area contributed by atoms with Gasteiger partial charge in [-0.15, -0.1) is 0 Å². The molecule has 0 bridgehead atoms. The smallest absolute Gasteiger partial charge is 0.00201 e. The number of fused-ring (bicyclic) bond motifs is 15. The van der Waals surface area contributed by atoms with Gasteiger partial charge in [0.2, 0.25) is 0 Å². The number of rotatable bonds is 12. The Labute approximate surface area is 870 Å². The summed E-state index contributed by atoms with van der Waals surface area (Å²) in [5, 5.41) is 37.6. The van der Waals surface area contributed by atoms with Crippen LogP contribution in [0.15, 0.2) is 582 Å². The van der Waals surface area contributed by atoms with Gasteiger partial charge in [0.1, 0.15) is 0 Å². The Morgan fingerprint density at radius 2 is 0.227 bits per heavy atom. The van der Waals surface area contributed by atoms with Gasteiger partial charge in [-0.1, -0.05) is 546 Å². The van der Waals surface area contributed by atoms with Crippen molar-refractivity contribution in [3.8, 4) is 134 Å². The fourth-order valence-electron chi connectivity index (χ4n) is 24.2. The lowest BCUT2D eigenvalue weighted by molar-refractivity contribution is 1.63. The highest BCUT2D eigenvalue weighted by Crippen LogP contribution is 2.52. The Morgan fingerprint density at radius 3 is 0.593 bits per heavy atom. The van der Waals surface area contributed by atoms with E-state index in [2.05, 4.69) is 582 Å². The van der Waals surface area contributed by atoms with Crippen molar-refractivity contribution < 1.29 is 0 Å². The van der Waals surface area contributed by atoms with E-state index in [-0.39, 0.29) is 0 Å². The van der Waals surface area contributed by atoms with Crippen LogP contribution in [0.2, 0.25) is 0 Å². The third-order valence-corrected chi connectivity index (χ3v) is 31.4. The van der Waals surface area contributed by atoms with Crippen LogP contribution in [-0.2, 0) is 0 Å². The van der Waals surface area contributed by atoms with E-state index in [1.54, 1.807) is 0 Å². The minimum Gasteiger partial charge on any atom is -0.0616 e. The largest absolute Gasteiger partial charge is 0.0616 e. The molecular formula is C150H96. The van der Waals surface area contributed by atoms with Crippen LogP contribution >= 0.6 is 0 Å². The summed E-state index contributed by atoms with van der Waals surface area (Å²) in [6.07, 6.45) is 0. The molecule has 0 atom stereocenters. The maximum Gasteiger partial charge on any atom is -0.00201 e. The molecule has 0 aliphatic heterocycles. The van der Waals surface area contributed by atoms with Crippen molar-refractivity contribution in [2.24, 2.45) is 0 Å². The van der Waals surface area contributed by atoms with Crippen molar-refractivity contribution in [3.63, 3.8) is 0 Å². The van der Waals surface area contributed by atoms with Crippen LogP contribution in [0.3, 0.4) is 0 Å². The molecule has 0 nitrogen and oxygen atoms in total. The molecule has 0 saturated heterocycles. The molecule has 0 radical (unpaired) electrons. The summed E-state index contributed by atoms with van der Waals surface area (Å²) in [5.74, 6) is 0. The molecule has 0 aliphatic rings. The van der Waals surface area contributed by atoms with E-state index in [1.807, 2.05) is 0 Å². The summed E-state index contributed by atoms with van der Waals surface area (Å²) in [6, 6.07) is 214. The molecule has 30 aromatic rings. The Kier molecular flexibility index (Phi) is 22.1. The normalized spacial score (nSPS) is 11.6. The first-order valence-electron chi connectivity index (χ1n) is 52.0. The van der Waals surface area contributed by atoms with Gasteiger partial charge in [-0.2, -0.15) is 0 Å². The molecule has 0 unspecified atom stereocenters. The molecule has 0 spiro atoms. The topological polar surface area (TPSA) is 0 Å². The Bertz CT molecular complexity index is 10600. The van der Waals surface area contributed by atoms with E-state index in [9.17, 15) is 0 Å². The first-order chi connectivity index (χ1) is 74.4. The second-order valence-corrected chi connectivity index (χ2v) is 39.7. The molecule has 30 rings (SSSR count). The van der Waals surface area contributed by atoms with Gasteiger partial charge in [0.05, 0.1) is 0 Å². The highest BCUT2D eigenvalue weighted by molar-refractivity contribution is 6.22. The van der Waals surface area contributed by atoms with E-state index >= 15 is 0 Å². The monoisotopic (exact) mass is 1900 g/mol. The second kappa shape index (κ2) is 37.6. The molecule has 0 aliphatic carbocycles. The molecule has 0 heterocycles. The summed E-state index contributed by atoms with van der Waals surface area (Å²) in [6.45, 7) is 0.